The van der Waals surface area contributed by atoms with Crippen LogP contribution in [0.15, 0.2) is 91.0 Å². The second-order valence-corrected chi connectivity index (χ2v) is 29.7. The summed E-state index contributed by atoms with van der Waals surface area (Å²) < 4.78 is 6.21. The molecule has 2 fully saturated rings. The molecule has 2 heterocycles. The number of aliphatic hydroxyl groups is 1. The maximum atomic E-state index is 15.7. The van der Waals surface area contributed by atoms with E-state index in [1.807, 2.05) is 41.5 Å². The van der Waals surface area contributed by atoms with Gasteiger partial charge in [-0.3, -0.25) is 57.5 Å². The molecule has 12 amide bonds. The fraction of sp³-hybridized carbons (Fsp3) is 0.605. The zero-order valence-electron chi connectivity index (χ0n) is 63.0. The minimum atomic E-state index is -1.67. The Labute approximate surface area is 603 Å². The summed E-state index contributed by atoms with van der Waals surface area (Å²) in [5.74, 6) is -9.79. The number of amides is 12. The third-order valence-electron chi connectivity index (χ3n) is 18.7. The Hall–Kier alpha value is -8.78. The Morgan fingerprint density at radius 1 is 0.480 bits per heavy atom. The Morgan fingerprint density at radius 3 is 1.35 bits per heavy atom. The van der Waals surface area contributed by atoms with Crippen molar-refractivity contribution in [3.05, 3.63) is 108 Å². The molecule has 0 saturated carbocycles. The smallest absolute Gasteiger partial charge is 0.248 e. The highest BCUT2D eigenvalue weighted by molar-refractivity contribution is 6.00. The molecule has 0 aliphatic carbocycles. The molecule has 562 valence electrons. The molecule has 11 atom stereocenters. The molecule has 26 nitrogen and oxygen atoms in total. The van der Waals surface area contributed by atoms with E-state index in [1.54, 1.807) is 117 Å². The number of nitrogens with one attached hydrogen (secondary N) is 5. The summed E-state index contributed by atoms with van der Waals surface area (Å²) in [6, 6.07) is 12.5. The van der Waals surface area contributed by atoms with E-state index in [0.29, 0.717) is 42.6 Å². The Morgan fingerprint density at radius 2 is 0.882 bits per heavy atom. The summed E-state index contributed by atoms with van der Waals surface area (Å²) in [5.41, 5.74) is 1.01. The van der Waals surface area contributed by atoms with Crippen LogP contribution in [0.25, 0.3) is 0 Å². The number of carbonyl (C=O) groups excluding carboxylic acids is 12. The van der Waals surface area contributed by atoms with E-state index < -0.39 is 163 Å². The van der Waals surface area contributed by atoms with Crippen molar-refractivity contribution >= 4 is 70.9 Å². The lowest BCUT2D eigenvalue weighted by molar-refractivity contribution is -0.151. The average molecular weight is 1420 g/mol. The number of piperidine rings is 1. The molecular formula is C76H114N12O14. The number of carbonyl (C=O) groups is 12. The van der Waals surface area contributed by atoms with Gasteiger partial charge in [0.25, 0.3) is 0 Å². The quantitative estimate of drug-likeness (QED) is 0.120. The van der Waals surface area contributed by atoms with Crippen molar-refractivity contribution in [3.8, 4) is 0 Å². The van der Waals surface area contributed by atoms with Crippen molar-refractivity contribution in [2.45, 2.75) is 212 Å². The summed E-state index contributed by atoms with van der Waals surface area (Å²) in [6.07, 6.45) is -0.144. The number of ether oxygens (including phenoxy) is 1. The number of benzene rings is 3. The Kier molecular flexibility index (Phi) is 32.1. The summed E-state index contributed by atoms with van der Waals surface area (Å²) in [4.78, 5) is 188. The van der Waals surface area contributed by atoms with Crippen LogP contribution in [-0.2, 0) is 81.5 Å². The summed E-state index contributed by atoms with van der Waals surface area (Å²) in [5, 5.41) is 25.2. The van der Waals surface area contributed by atoms with Crippen molar-refractivity contribution in [1.82, 2.24) is 60.9 Å². The van der Waals surface area contributed by atoms with E-state index in [2.05, 4.69) is 26.6 Å². The van der Waals surface area contributed by atoms with Crippen LogP contribution in [0.2, 0.25) is 0 Å². The van der Waals surface area contributed by atoms with E-state index in [4.69, 9.17) is 4.74 Å². The van der Waals surface area contributed by atoms with Crippen molar-refractivity contribution in [2.75, 3.05) is 68.5 Å². The van der Waals surface area contributed by atoms with Crippen LogP contribution in [0.1, 0.15) is 138 Å². The van der Waals surface area contributed by atoms with Gasteiger partial charge in [0.15, 0.2) is 0 Å². The van der Waals surface area contributed by atoms with Gasteiger partial charge in [-0.1, -0.05) is 133 Å². The molecule has 2 saturated heterocycles. The summed E-state index contributed by atoms with van der Waals surface area (Å²) in [7, 11) is 8.25. The molecular weight excluding hydrogens is 1300 g/mol. The zero-order valence-corrected chi connectivity index (χ0v) is 63.0. The normalized spacial score (nSPS) is 24.8. The van der Waals surface area contributed by atoms with Crippen molar-refractivity contribution < 1.29 is 67.4 Å². The van der Waals surface area contributed by atoms with Gasteiger partial charge in [-0.2, -0.15) is 0 Å². The van der Waals surface area contributed by atoms with Crippen LogP contribution >= 0.6 is 0 Å². The molecule has 3 aromatic carbocycles. The molecule has 0 bridgehead atoms. The monoisotopic (exact) mass is 1420 g/mol. The standard InChI is InChI=1S/C76H114N12O14/c1-47(2)38-55-71(97)85(15)59(40-49(5)6)69(95)81-65(51(8)89)75(101)82(12)45-64(91)83(13)58(39-48(3)4)66(92)80-57(46-102-76(9,10)11)72(98)87(17)62(43-54-34-26-20-27-35-54)74(100)86(16)61(42-53-32-24-19-25-33-53)68(94)79-56(73(99)88-36-28-21-29-37-88)44-63(90)77-50(7)70(96)84(14)60(67(93)78-55)41-52-30-22-18-23-31-52/h18-20,22-27,30-35,47-51,55-62,65,89H,21,28-29,36-46H2,1-17H3,(H,77,90)(H,78,93)(H,79,94)(H,80,92)(H,81,95)/t50-,51+,55-,56-,57-,58-,59-,60-,61-,62-,65-/m0/s1. The predicted octanol–water partition coefficient (Wildman–Crippen LogP) is 3.50. The van der Waals surface area contributed by atoms with Gasteiger partial charge in [0.05, 0.1) is 31.3 Å². The van der Waals surface area contributed by atoms with Gasteiger partial charge in [0.1, 0.15) is 60.4 Å². The highest BCUT2D eigenvalue weighted by Crippen LogP contribution is 2.23. The largest absolute Gasteiger partial charge is 0.391 e. The van der Waals surface area contributed by atoms with Crippen LogP contribution in [0.3, 0.4) is 0 Å². The predicted molar refractivity (Wildman–Crippen MR) is 387 cm³/mol. The lowest BCUT2D eigenvalue weighted by Crippen LogP contribution is -2.62. The SMILES string of the molecule is CC(C)C[C@@H]1NC(=O)[C@H](Cc2ccccc2)N(C)C(=O)[C@H](C)NC(=O)C[C@@H](C(=O)N2CCCCC2)NC(=O)[C@H](Cc2ccccc2)N(C)C(=O)[C@H](Cc2ccccc2)N(C)C(=O)[C@H](COC(C)(C)C)NC(=O)[C@H](CC(C)C)N(C)C(=O)CN(C)C(=O)[C@H]([C@@H](C)O)NC(=O)[C@H](CC(C)C)N(C)C1=O. The second-order valence-electron chi connectivity index (χ2n) is 29.7. The van der Waals surface area contributed by atoms with Gasteiger partial charge in [0.2, 0.25) is 70.9 Å². The van der Waals surface area contributed by atoms with Gasteiger partial charge < -0.3 is 70.7 Å². The van der Waals surface area contributed by atoms with Gasteiger partial charge in [-0.15, -0.1) is 0 Å². The fourth-order valence-corrected chi connectivity index (χ4v) is 12.7. The third kappa shape index (κ3) is 24.7. The Bertz CT molecular complexity index is 3330. The topological polar surface area (TPSA) is 317 Å². The molecule has 0 unspecified atom stereocenters. The molecule has 0 radical (unpaired) electrons. The fourth-order valence-electron chi connectivity index (χ4n) is 12.7. The van der Waals surface area contributed by atoms with E-state index in [0.717, 1.165) is 16.2 Å². The minimum absolute atomic E-state index is 0.0517. The molecule has 0 spiro atoms. The maximum absolute atomic E-state index is 15.7. The van der Waals surface area contributed by atoms with Crippen molar-refractivity contribution in [1.29, 1.82) is 0 Å². The molecule has 3 aromatic rings. The van der Waals surface area contributed by atoms with Gasteiger partial charge in [0, 0.05) is 74.6 Å². The lowest BCUT2D eigenvalue weighted by atomic mass is 9.97. The minimum Gasteiger partial charge on any atom is -0.391 e. The van der Waals surface area contributed by atoms with Crippen LogP contribution in [0.5, 0.6) is 0 Å². The van der Waals surface area contributed by atoms with E-state index in [-0.39, 0.29) is 56.3 Å². The van der Waals surface area contributed by atoms with Gasteiger partial charge >= 0.3 is 0 Å². The first-order valence-electron chi connectivity index (χ1n) is 35.7. The van der Waals surface area contributed by atoms with Crippen LogP contribution in [0, 0.1) is 17.8 Å². The number of aliphatic hydroxyl groups excluding tert-OH is 1. The number of nitrogens with zero attached hydrogens (tertiary/aromatic N) is 7. The molecule has 102 heavy (non-hydrogen) atoms. The first-order chi connectivity index (χ1) is 47.9. The number of likely N-dealkylation sites (N-methyl/N-ethyl adjacent to an activating group) is 6. The summed E-state index contributed by atoms with van der Waals surface area (Å²) in [6.45, 7) is 18.5. The molecule has 2 aliphatic heterocycles. The zero-order chi connectivity index (χ0) is 76.0. The highest BCUT2D eigenvalue weighted by Gasteiger charge is 2.43. The van der Waals surface area contributed by atoms with E-state index in [1.165, 1.54) is 75.7 Å². The van der Waals surface area contributed by atoms with Crippen molar-refractivity contribution in [3.63, 3.8) is 0 Å². The van der Waals surface area contributed by atoms with Crippen LogP contribution < -0.4 is 26.6 Å². The van der Waals surface area contributed by atoms with Crippen LogP contribution in [0.4, 0.5) is 0 Å². The number of likely N-dealkylation sites (tertiary alicyclic amines) is 1. The summed E-state index contributed by atoms with van der Waals surface area (Å²) >= 11 is 0. The lowest BCUT2D eigenvalue weighted by Gasteiger charge is -2.37. The van der Waals surface area contributed by atoms with E-state index >= 15 is 28.8 Å². The molecule has 5 rings (SSSR count). The Balaban J connectivity index is 1.70. The molecule has 6 N–H and O–H groups in total. The van der Waals surface area contributed by atoms with Gasteiger partial charge in [-0.05, 0) is 108 Å². The molecule has 26 heteroatoms. The number of rotatable bonds is 16. The highest BCUT2D eigenvalue weighted by atomic mass is 16.5. The molecule has 0 aromatic heterocycles. The average Bonchev–Trinajstić information content (AvgIpc) is 0.817. The third-order valence-corrected chi connectivity index (χ3v) is 18.7. The first kappa shape index (κ1) is 83.9. The van der Waals surface area contributed by atoms with Crippen LogP contribution in [-0.4, -0.2) is 251 Å². The van der Waals surface area contributed by atoms with Gasteiger partial charge in [-0.25, -0.2) is 0 Å². The number of hydrogen-bond acceptors (Lipinski definition) is 14. The number of hydrogen-bond donors (Lipinski definition) is 6. The van der Waals surface area contributed by atoms with Crippen molar-refractivity contribution in [2.24, 2.45) is 17.8 Å². The first-order valence-corrected chi connectivity index (χ1v) is 35.7. The molecule has 2 aliphatic rings. The van der Waals surface area contributed by atoms with E-state index in [9.17, 15) is 33.9 Å². The maximum Gasteiger partial charge on any atom is 0.248 e. The second kappa shape index (κ2) is 39.0.